The molecule has 4 nitrogen and oxygen atoms in total. The molecule has 0 aliphatic carbocycles. The van der Waals surface area contributed by atoms with Crippen molar-refractivity contribution in [1.29, 1.82) is 0 Å². The van der Waals surface area contributed by atoms with Crippen molar-refractivity contribution in [2.75, 3.05) is 33.4 Å². The van der Waals surface area contributed by atoms with Gasteiger partial charge in [-0.2, -0.15) is 0 Å². The number of nitrogens with one attached hydrogen (secondary N) is 2. The molecule has 1 amide bonds. The molecule has 0 radical (unpaired) electrons. The predicted molar refractivity (Wildman–Crippen MR) is 80.6 cm³/mol. The van der Waals surface area contributed by atoms with E-state index in [9.17, 15) is 4.79 Å². The lowest BCUT2D eigenvalue weighted by atomic mass is 10.1. The summed E-state index contributed by atoms with van der Waals surface area (Å²) in [6, 6.07) is 7.98. The Hall–Kier alpha value is -0.660. The molecule has 1 aromatic carbocycles. The van der Waals surface area contributed by atoms with Gasteiger partial charge in [-0.25, -0.2) is 0 Å². The molecule has 1 aromatic rings. The maximum absolute atomic E-state index is 11.6. The third-order valence-corrected chi connectivity index (χ3v) is 3.03. The van der Waals surface area contributed by atoms with E-state index < -0.39 is 0 Å². The fraction of sp³-hybridized carbons (Fsp3) is 0.462. The highest BCUT2D eigenvalue weighted by Gasteiger charge is 2.02. The van der Waals surface area contributed by atoms with Crippen LogP contribution in [0.1, 0.15) is 5.56 Å². The molecule has 0 atom stereocenters. The van der Waals surface area contributed by atoms with Crippen molar-refractivity contribution < 1.29 is 9.53 Å². The van der Waals surface area contributed by atoms with Gasteiger partial charge in [0.15, 0.2) is 0 Å². The van der Waals surface area contributed by atoms with Gasteiger partial charge in [0.05, 0.1) is 13.0 Å². The van der Waals surface area contributed by atoms with Crippen LogP contribution in [0.3, 0.4) is 0 Å². The Bertz CT molecular complexity index is 372. The van der Waals surface area contributed by atoms with Crippen LogP contribution < -0.4 is 10.6 Å². The molecule has 0 aromatic heterocycles. The Morgan fingerprint density at radius 3 is 2.89 bits per heavy atom. The molecule has 0 heterocycles. The van der Waals surface area contributed by atoms with Gasteiger partial charge in [-0.05, 0) is 40.3 Å². The lowest BCUT2D eigenvalue weighted by molar-refractivity contribution is -0.120. The van der Waals surface area contributed by atoms with E-state index in [1.165, 1.54) is 0 Å². The van der Waals surface area contributed by atoms with E-state index in [2.05, 4.69) is 33.2 Å². The van der Waals surface area contributed by atoms with Gasteiger partial charge < -0.3 is 15.4 Å². The fourth-order valence-corrected chi connectivity index (χ4v) is 2.09. The minimum Gasteiger partial charge on any atom is -0.383 e. The first-order valence-corrected chi connectivity index (χ1v) is 7.01. The van der Waals surface area contributed by atoms with Crippen LogP contribution in [0, 0.1) is 3.57 Å². The number of methoxy groups -OCH3 is 1. The van der Waals surface area contributed by atoms with Crippen LogP contribution in [-0.4, -0.2) is 39.3 Å². The van der Waals surface area contributed by atoms with Gasteiger partial charge in [-0.1, -0.05) is 12.1 Å². The first kappa shape index (κ1) is 15.4. The summed E-state index contributed by atoms with van der Waals surface area (Å²) in [5, 5.41) is 6.06. The zero-order valence-corrected chi connectivity index (χ0v) is 12.7. The maximum atomic E-state index is 11.6. The van der Waals surface area contributed by atoms with E-state index in [4.69, 9.17) is 4.74 Å². The smallest absolute Gasteiger partial charge is 0.224 e. The van der Waals surface area contributed by atoms with Crippen LogP contribution in [0.2, 0.25) is 0 Å². The number of benzene rings is 1. The van der Waals surface area contributed by atoms with Gasteiger partial charge in [0.1, 0.15) is 0 Å². The minimum absolute atomic E-state index is 0.0607. The molecule has 0 spiro atoms. The number of amides is 1. The number of ether oxygens (including phenoxy) is 1. The highest BCUT2D eigenvalue weighted by atomic mass is 127. The molecule has 100 valence electrons. The van der Waals surface area contributed by atoms with Gasteiger partial charge in [0.2, 0.25) is 5.91 Å². The minimum atomic E-state index is 0.0607. The molecule has 18 heavy (non-hydrogen) atoms. The van der Waals surface area contributed by atoms with E-state index in [1.807, 2.05) is 24.3 Å². The molecular weight excluding hydrogens is 343 g/mol. The predicted octanol–water partition coefficient (Wildman–Crippen LogP) is 1.19. The molecule has 2 N–H and O–H groups in total. The lowest BCUT2D eigenvalue weighted by Gasteiger charge is -2.07. The Morgan fingerprint density at radius 2 is 2.17 bits per heavy atom. The zero-order chi connectivity index (χ0) is 13.2. The van der Waals surface area contributed by atoms with Gasteiger partial charge >= 0.3 is 0 Å². The third-order valence-electron chi connectivity index (χ3n) is 2.36. The topological polar surface area (TPSA) is 50.4 Å². The third kappa shape index (κ3) is 6.93. The maximum Gasteiger partial charge on any atom is 0.224 e. The summed E-state index contributed by atoms with van der Waals surface area (Å²) >= 11 is 2.25. The van der Waals surface area contributed by atoms with Crippen LogP contribution in [0.15, 0.2) is 24.3 Å². The summed E-state index contributed by atoms with van der Waals surface area (Å²) in [6.07, 6.45) is 0.439. The molecule has 0 aliphatic rings. The lowest BCUT2D eigenvalue weighted by Crippen LogP contribution is -2.33. The number of halogens is 1. The van der Waals surface area contributed by atoms with Gasteiger partial charge in [-0.15, -0.1) is 0 Å². The number of hydrogen-bond donors (Lipinski definition) is 2. The second kappa shape index (κ2) is 9.29. The van der Waals surface area contributed by atoms with E-state index in [0.29, 0.717) is 19.6 Å². The molecule has 5 heteroatoms. The van der Waals surface area contributed by atoms with Crippen LogP contribution in [0.5, 0.6) is 0 Å². The van der Waals surface area contributed by atoms with E-state index in [0.717, 1.165) is 22.2 Å². The molecule has 0 aliphatic heterocycles. The molecule has 0 bridgehead atoms. The van der Waals surface area contributed by atoms with Crippen molar-refractivity contribution in [3.8, 4) is 0 Å². The highest BCUT2D eigenvalue weighted by Crippen LogP contribution is 2.08. The Balaban J connectivity index is 2.14. The number of rotatable bonds is 8. The van der Waals surface area contributed by atoms with Crippen molar-refractivity contribution in [2.45, 2.75) is 6.42 Å². The highest BCUT2D eigenvalue weighted by molar-refractivity contribution is 14.1. The first-order chi connectivity index (χ1) is 8.72. The molecule has 0 unspecified atom stereocenters. The summed E-state index contributed by atoms with van der Waals surface area (Å²) in [6.45, 7) is 2.91. The fourth-order valence-electron chi connectivity index (χ4n) is 1.48. The summed E-state index contributed by atoms with van der Waals surface area (Å²) < 4.78 is 6.06. The van der Waals surface area contributed by atoms with Crippen molar-refractivity contribution in [2.24, 2.45) is 0 Å². The zero-order valence-electron chi connectivity index (χ0n) is 10.5. The van der Waals surface area contributed by atoms with Crippen LogP contribution in [0.25, 0.3) is 0 Å². The van der Waals surface area contributed by atoms with Crippen LogP contribution >= 0.6 is 22.6 Å². The van der Waals surface area contributed by atoms with Crippen LogP contribution in [-0.2, 0) is 16.0 Å². The Morgan fingerprint density at radius 1 is 1.33 bits per heavy atom. The number of carbonyl (C=O) groups is 1. The number of hydrogen-bond acceptors (Lipinski definition) is 3. The summed E-state index contributed by atoms with van der Waals surface area (Å²) in [5.41, 5.74) is 1.05. The standard InChI is InChI=1S/C13H19IN2O2/c1-18-8-7-15-5-6-16-13(17)10-11-3-2-4-12(14)9-11/h2-4,9,15H,5-8,10H2,1H3,(H,16,17). The summed E-state index contributed by atoms with van der Waals surface area (Å²) in [5.74, 6) is 0.0607. The van der Waals surface area contributed by atoms with Gasteiger partial charge in [0, 0.05) is 30.3 Å². The Kier molecular flexibility index (Phi) is 7.95. The van der Waals surface area contributed by atoms with E-state index in [-0.39, 0.29) is 5.91 Å². The van der Waals surface area contributed by atoms with E-state index in [1.54, 1.807) is 7.11 Å². The largest absolute Gasteiger partial charge is 0.383 e. The molecule has 0 fully saturated rings. The number of carbonyl (C=O) groups excluding carboxylic acids is 1. The first-order valence-electron chi connectivity index (χ1n) is 5.93. The molecule has 0 saturated heterocycles. The average Bonchev–Trinajstić information content (AvgIpc) is 2.33. The molecular formula is C13H19IN2O2. The van der Waals surface area contributed by atoms with Crippen molar-refractivity contribution >= 4 is 28.5 Å². The van der Waals surface area contributed by atoms with Gasteiger partial charge in [0.25, 0.3) is 0 Å². The summed E-state index contributed by atoms with van der Waals surface area (Å²) in [7, 11) is 1.67. The average molecular weight is 362 g/mol. The molecule has 1 rings (SSSR count). The quantitative estimate of drug-likeness (QED) is 0.540. The van der Waals surface area contributed by atoms with Crippen molar-refractivity contribution in [3.63, 3.8) is 0 Å². The second-order valence-corrected chi connectivity index (χ2v) is 5.15. The van der Waals surface area contributed by atoms with E-state index >= 15 is 0 Å². The summed E-state index contributed by atoms with van der Waals surface area (Å²) in [4.78, 5) is 11.6. The van der Waals surface area contributed by atoms with Crippen LogP contribution in [0.4, 0.5) is 0 Å². The Labute approximate surface area is 122 Å². The molecule has 0 saturated carbocycles. The SMILES string of the molecule is COCCNCCNC(=O)Cc1cccc(I)c1. The van der Waals surface area contributed by atoms with Gasteiger partial charge in [-0.3, -0.25) is 4.79 Å². The monoisotopic (exact) mass is 362 g/mol. The van der Waals surface area contributed by atoms with Crippen molar-refractivity contribution in [1.82, 2.24) is 10.6 Å². The second-order valence-electron chi connectivity index (χ2n) is 3.90. The normalized spacial score (nSPS) is 10.3. The van der Waals surface area contributed by atoms with Crippen molar-refractivity contribution in [3.05, 3.63) is 33.4 Å².